The lowest BCUT2D eigenvalue weighted by molar-refractivity contribution is -0.0525. The Balaban J connectivity index is 1.98. The number of fused-ring (bicyclic) bond motifs is 1. The summed E-state index contributed by atoms with van der Waals surface area (Å²) < 4.78 is 0. The summed E-state index contributed by atoms with van der Waals surface area (Å²) >= 11 is 2.14. The summed E-state index contributed by atoms with van der Waals surface area (Å²) in [5.74, 6) is 4.72. The third-order valence-corrected chi connectivity index (χ3v) is 4.40. The van der Waals surface area contributed by atoms with Crippen LogP contribution in [0.3, 0.4) is 0 Å². The van der Waals surface area contributed by atoms with Gasteiger partial charge in [0.1, 0.15) is 0 Å². The van der Waals surface area contributed by atoms with E-state index in [-0.39, 0.29) is 0 Å². The SMILES string of the molecule is CN1CC2CCSCC2CN1C. The van der Waals surface area contributed by atoms with Crippen molar-refractivity contribution < 1.29 is 0 Å². The largest absolute Gasteiger partial charge is 0.245 e. The van der Waals surface area contributed by atoms with Crippen LogP contribution in [-0.2, 0) is 0 Å². The van der Waals surface area contributed by atoms with Crippen LogP contribution in [0.15, 0.2) is 0 Å². The second kappa shape index (κ2) is 3.56. The van der Waals surface area contributed by atoms with Gasteiger partial charge in [0.15, 0.2) is 0 Å². The van der Waals surface area contributed by atoms with Crippen LogP contribution in [0, 0.1) is 11.8 Å². The third kappa shape index (κ3) is 1.63. The van der Waals surface area contributed by atoms with E-state index in [1.165, 1.54) is 31.0 Å². The van der Waals surface area contributed by atoms with Crippen molar-refractivity contribution in [3.05, 3.63) is 0 Å². The number of hydrogen-bond donors (Lipinski definition) is 0. The maximum atomic E-state index is 2.37. The summed E-state index contributed by atoms with van der Waals surface area (Å²) in [5.41, 5.74) is 0. The molecular formula is C9H18N2S. The molecule has 0 aromatic heterocycles. The summed E-state index contributed by atoms with van der Waals surface area (Å²) in [5, 5.41) is 4.74. The molecule has 0 N–H and O–H groups in total. The molecule has 2 atom stereocenters. The smallest absolute Gasteiger partial charge is 0.0169 e. The Morgan fingerprint density at radius 1 is 1.08 bits per heavy atom. The van der Waals surface area contributed by atoms with E-state index in [0.29, 0.717) is 0 Å². The third-order valence-electron chi connectivity index (χ3n) is 3.21. The molecule has 3 heteroatoms. The summed E-state index contributed by atoms with van der Waals surface area (Å²) in [4.78, 5) is 0. The second-order valence-corrected chi connectivity index (χ2v) is 5.21. The molecule has 0 amide bonds. The topological polar surface area (TPSA) is 6.48 Å². The van der Waals surface area contributed by atoms with Gasteiger partial charge in [-0.3, -0.25) is 0 Å². The van der Waals surface area contributed by atoms with Gasteiger partial charge in [-0.1, -0.05) is 0 Å². The Bertz CT molecular complexity index is 145. The van der Waals surface area contributed by atoms with Gasteiger partial charge in [-0.2, -0.15) is 11.8 Å². The Hall–Kier alpha value is 0.270. The fourth-order valence-electron chi connectivity index (χ4n) is 2.24. The molecule has 2 unspecified atom stereocenters. The lowest BCUT2D eigenvalue weighted by Gasteiger charge is -2.44. The molecule has 0 aliphatic carbocycles. The number of hydrazine groups is 1. The molecule has 2 rings (SSSR count). The first-order valence-corrected chi connectivity index (χ1v) is 5.93. The van der Waals surface area contributed by atoms with E-state index < -0.39 is 0 Å². The molecule has 70 valence electrons. The lowest BCUT2D eigenvalue weighted by atomic mass is 9.89. The van der Waals surface area contributed by atoms with Crippen LogP contribution in [0.25, 0.3) is 0 Å². The molecular weight excluding hydrogens is 168 g/mol. The van der Waals surface area contributed by atoms with Gasteiger partial charge in [0.05, 0.1) is 0 Å². The van der Waals surface area contributed by atoms with Gasteiger partial charge in [0.25, 0.3) is 0 Å². The van der Waals surface area contributed by atoms with Gasteiger partial charge < -0.3 is 0 Å². The molecule has 2 fully saturated rings. The summed E-state index contributed by atoms with van der Waals surface area (Å²) in [7, 11) is 4.41. The molecule has 0 bridgehead atoms. The van der Waals surface area contributed by atoms with Crippen LogP contribution in [0.1, 0.15) is 6.42 Å². The van der Waals surface area contributed by atoms with Crippen LogP contribution < -0.4 is 0 Å². The first kappa shape index (κ1) is 8.85. The zero-order valence-electron chi connectivity index (χ0n) is 7.99. The minimum absolute atomic E-state index is 0.963. The van der Waals surface area contributed by atoms with E-state index >= 15 is 0 Å². The maximum absolute atomic E-state index is 2.37. The van der Waals surface area contributed by atoms with Crippen LogP contribution in [-0.4, -0.2) is 48.7 Å². The van der Waals surface area contributed by atoms with Crippen LogP contribution >= 0.6 is 11.8 Å². The zero-order chi connectivity index (χ0) is 8.55. The van der Waals surface area contributed by atoms with Crippen molar-refractivity contribution in [3.8, 4) is 0 Å². The van der Waals surface area contributed by atoms with Crippen molar-refractivity contribution in [1.29, 1.82) is 0 Å². The van der Waals surface area contributed by atoms with Gasteiger partial charge >= 0.3 is 0 Å². The predicted molar refractivity (Wildman–Crippen MR) is 54.2 cm³/mol. The molecule has 0 spiro atoms. The van der Waals surface area contributed by atoms with Gasteiger partial charge in [-0.25, -0.2) is 10.0 Å². The molecule has 2 nitrogen and oxygen atoms in total. The monoisotopic (exact) mass is 186 g/mol. The summed E-state index contributed by atoms with van der Waals surface area (Å²) in [6, 6.07) is 0. The fourth-order valence-corrected chi connectivity index (χ4v) is 3.56. The van der Waals surface area contributed by atoms with Crippen molar-refractivity contribution >= 4 is 11.8 Å². The van der Waals surface area contributed by atoms with Crippen molar-refractivity contribution in [1.82, 2.24) is 10.0 Å². The van der Waals surface area contributed by atoms with Crippen LogP contribution in [0.5, 0.6) is 0 Å². The summed E-state index contributed by atoms with van der Waals surface area (Å²) in [6.07, 6.45) is 1.44. The normalized spacial score (nSPS) is 39.5. The average Bonchev–Trinajstić information content (AvgIpc) is 2.07. The molecule has 0 saturated carbocycles. The van der Waals surface area contributed by atoms with Crippen molar-refractivity contribution in [2.24, 2.45) is 11.8 Å². The number of thioether (sulfide) groups is 1. The van der Waals surface area contributed by atoms with Crippen molar-refractivity contribution in [2.45, 2.75) is 6.42 Å². The fraction of sp³-hybridized carbons (Fsp3) is 1.00. The van der Waals surface area contributed by atoms with Crippen LogP contribution in [0.4, 0.5) is 0 Å². The van der Waals surface area contributed by atoms with Gasteiger partial charge in [-0.15, -0.1) is 0 Å². The van der Waals surface area contributed by atoms with Crippen molar-refractivity contribution in [3.63, 3.8) is 0 Å². The lowest BCUT2D eigenvalue weighted by Crippen LogP contribution is -2.52. The highest BCUT2D eigenvalue weighted by Crippen LogP contribution is 2.32. The van der Waals surface area contributed by atoms with Crippen molar-refractivity contribution in [2.75, 3.05) is 38.7 Å². The number of rotatable bonds is 0. The highest BCUT2D eigenvalue weighted by Gasteiger charge is 2.32. The van der Waals surface area contributed by atoms with Gasteiger partial charge in [0.2, 0.25) is 0 Å². The first-order valence-electron chi connectivity index (χ1n) is 4.77. The predicted octanol–water partition coefficient (Wildman–Crippen LogP) is 1.15. The molecule has 2 saturated heterocycles. The molecule has 0 aromatic carbocycles. The quantitative estimate of drug-likeness (QED) is 0.560. The van der Waals surface area contributed by atoms with E-state index in [2.05, 4.69) is 35.9 Å². The van der Waals surface area contributed by atoms with Crippen LogP contribution in [0.2, 0.25) is 0 Å². The maximum Gasteiger partial charge on any atom is 0.0169 e. The minimum Gasteiger partial charge on any atom is -0.245 e. The molecule has 2 aliphatic rings. The number of hydrogen-bond acceptors (Lipinski definition) is 3. The Kier molecular flexibility index (Phi) is 2.63. The Morgan fingerprint density at radius 2 is 1.75 bits per heavy atom. The molecule has 12 heavy (non-hydrogen) atoms. The second-order valence-electron chi connectivity index (χ2n) is 4.06. The van der Waals surface area contributed by atoms with E-state index in [1.807, 2.05) is 0 Å². The van der Waals surface area contributed by atoms with Gasteiger partial charge in [-0.05, 0) is 29.8 Å². The van der Waals surface area contributed by atoms with Gasteiger partial charge in [0, 0.05) is 27.2 Å². The first-order chi connectivity index (χ1) is 5.77. The highest BCUT2D eigenvalue weighted by atomic mass is 32.2. The van der Waals surface area contributed by atoms with E-state index in [1.54, 1.807) is 0 Å². The summed E-state index contributed by atoms with van der Waals surface area (Å²) in [6.45, 7) is 2.55. The standard InChI is InChI=1S/C9H18N2S/c1-10-5-8-3-4-12-7-9(8)6-11(10)2/h8-9H,3-7H2,1-2H3. The molecule has 2 aliphatic heterocycles. The molecule has 0 radical (unpaired) electrons. The zero-order valence-corrected chi connectivity index (χ0v) is 8.81. The average molecular weight is 186 g/mol. The molecule has 0 aromatic rings. The Labute approximate surface area is 79.3 Å². The molecule has 2 heterocycles. The van der Waals surface area contributed by atoms with E-state index in [4.69, 9.17) is 0 Å². The highest BCUT2D eigenvalue weighted by molar-refractivity contribution is 7.99. The van der Waals surface area contributed by atoms with E-state index in [9.17, 15) is 0 Å². The minimum atomic E-state index is 0.963. The number of nitrogens with zero attached hydrogens (tertiary/aromatic N) is 2. The Morgan fingerprint density at radius 3 is 2.50 bits per heavy atom. The van der Waals surface area contributed by atoms with E-state index in [0.717, 1.165) is 11.8 Å².